The highest BCUT2D eigenvalue weighted by atomic mass is 32.1. The second-order valence-electron chi connectivity index (χ2n) is 5.52. The Morgan fingerprint density at radius 3 is 2.89 bits per heavy atom. The minimum Gasteiger partial charge on any atom is -0.405 e. The highest BCUT2D eigenvalue weighted by molar-refractivity contribution is 7.14. The van der Waals surface area contributed by atoms with Crippen molar-refractivity contribution in [3.63, 3.8) is 0 Å². The fourth-order valence-electron chi connectivity index (χ4n) is 2.22. The molecule has 0 fully saturated rings. The number of benzene rings is 1. The van der Waals surface area contributed by atoms with E-state index in [0.29, 0.717) is 16.5 Å². The Hall–Kier alpha value is -3.39. The summed E-state index contributed by atoms with van der Waals surface area (Å²) in [5.41, 5.74) is 7.61. The molecule has 0 radical (unpaired) electrons. The monoisotopic (exact) mass is 381 g/mol. The SMILES string of the molecule is Cc1ccc(F)c(N=C(/C=C\N)C(=O)Nc2nc(-c3ccccn3)cs2)c1. The fraction of sp³-hybridized carbons (Fsp3) is 0.0526. The first kappa shape index (κ1) is 18.4. The van der Waals surface area contributed by atoms with Gasteiger partial charge >= 0.3 is 0 Å². The van der Waals surface area contributed by atoms with E-state index >= 15 is 0 Å². The van der Waals surface area contributed by atoms with Crippen LogP contribution in [0.1, 0.15) is 5.56 Å². The average molecular weight is 381 g/mol. The van der Waals surface area contributed by atoms with Gasteiger partial charge in [0.25, 0.3) is 5.91 Å². The molecular formula is C19H16FN5OS. The van der Waals surface area contributed by atoms with Crippen LogP contribution in [-0.4, -0.2) is 21.6 Å². The van der Waals surface area contributed by atoms with Crippen LogP contribution in [0.4, 0.5) is 15.2 Å². The molecule has 0 atom stereocenters. The summed E-state index contributed by atoms with van der Waals surface area (Å²) in [4.78, 5) is 25.2. The number of thiazole rings is 1. The van der Waals surface area contributed by atoms with Crippen LogP contribution >= 0.6 is 11.3 Å². The normalized spacial score (nSPS) is 11.7. The van der Waals surface area contributed by atoms with Crippen LogP contribution in [0.25, 0.3) is 11.4 Å². The van der Waals surface area contributed by atoms with Crippen molar-refractivity contribution in [2.45, 2.75) is 6.92 Å². The number of anilines is 1. The average Bonchev–Trinajstić information content (AvgIpc) is 3.13. The first-order chi connectivity index (χ1) is 13.1. The Morgan fingerprint density at radius 1 is 1.30 bits per heavy atom. The smallest absolute Gasteiger partial charge is 0.276 e. The molecule has 0 aliphatic rings. The van der Waals surface area contributed by atoms with E-state index < -0.39 is 11.7 Å². The number of nitrogens with zero attached hydrogens (tertiary/aromatic N) is 3. The second-order valence-corrected chi connectivity index (χ2v) is 6.38. The summed E-state index contributed by atoms with van der Waals surface area (Å²) in [6.07, 6.45) is 4.15. The molecule has 3 aromatic rings. The molecule has 0 saturated heterocycles. The number of halogens is 1. The lowest BCUT2D eigenvalue weighted by atomic mass is 10.2. The number of nitrogens with one attached hydrogen (secondary N) is 1. The number of aromatic nitrogens is 2. The summed E-state index contributed by atoms with van der Waals surface area (Å²) in [7, 11) is 0. The van der Waals surface area contributed by atoms with Gasteiger partial charge < -0.3 is 5.73 Å². The first-order valence-corrected chi connectivity index (χ1v) is 8.86. The Balaban J connectivity index is 1.83. The van der Waals surface area contributed by atoms with Crippen molar-refractivity contribution >= 4 is 33.8 Å². The molecule has 2 aromatic heterocycles. The summed E-state index contributed by atoms with van der Waals surface area (Å²) in [6.45, 7) is 1.81. The standard InChI is InChI=1S/C19H16FN5OS/c1-12-5-6-13(20)16(10-12)23-15(7-8-21)18(26)25-19-24-17(11-27-19)14-4-2-3-9-22-14/h2-11H,21H2,1H3,(H,24,25,26)/b8-7-,23-15?. The molecule has 1 amide bonds. The zero-order valence-electron chi connectivity index (χ0n) is 14.4. The van der Waals surface area contributed by atoms with E-state index in [-0.39, 0.29) is 11.4 Å². The molecule has 136 valence electrons. The van der Waals surface area contributed by atoms with Gasteiger partial charge in [-0.1, -0.05) is 12.1 Å². The van der Waals surface area contributed by atoms with Gasteiger partial charge in [-0.15, -0.1) is 11.3 Å². The summed E-state index contributed by atoms with van der Waals surface area (Å²) in [6, 6.07) is 9.97. The minimum absolute atomic E-state index is 0.0309. The molecule has 0 unspecified atom stereocenters. The number of aliphatic imine (C=N–C) groups is 1. The molecule has 0 bridgehead atoms. The minimum atomic E-state index is -0.542. The van der Waals surface area contributed by atoms with Gasteiger partial charge in [-0.2, -0.15) is 0 Å². The third kappa shape index (κ3) is 4.62. The van der Waals surface area contributed by atoms with Gasteiger partial charge in [-0.25, -0.2) is 14.4 Å². The fourth-order valence-corrected chi connectivity index (χ4v) is 2.92. The lowest BCUT2D eigenvalue weighted by Gasteiger charge is -2.04. The van der Waals surface area contributed by atoms with Crippen molar-refractivity contribution in [1.82, 2.24) is 9.97 Å². The Kier molecular flexibility index (Phi) is 5.68. The highest BCUT2D eigenvalue weighted by Gasteiger charge is 2.14. The summed E-state index contributed by atoms with van der Waals surface area (Å²) < 4.78 is 13.9. The van der Waals surface area contributed by atoms with Crippen molar-refractivity contribution in [2.75, 3.05) is 5.32 Å². The molecule has 3 rings (SSSR count). The third-order valence-corrected chi connectivity index (χ3v) is 4.24. The number of aryl methyl sites for hydroxylation is 1. The van der Waals surface area contributed by atoms with Gasteiger partial charge in [-0.05, 0) is 49.0 Å². The molecule has 1 aromatic carbocycles. The molecule has 6 nitrogen and oxygen atoms in total. The quantitative estimate of drug-likeness (QED) is 0.657. The maximum Gasteiger partial charge on any atom is 0.276 e. The lowest BCUT2D eigenvalue weighted by Crippen LogP contribution is -2.21. The number of rotatable bonds is 5. The van der Waals surface area contributed by atoms with Crippen LogP contribution in [0.5, 0.6) is 0 Å². The summed E-state index contributed by atoms with van der Waals surface area (Å²) in [5.74, 6) is -1.07. The maximum atomic E-state index is 13.9. The molecule has 2 heterocycles. The molecule has 0 aliphatic heterocycles. The Labute approximate surface area is 159 Å². The third-order valence-electron chi connectivity index (χ3n) is 3.48. The molecule has 8 heteroatoms. The van der Waals surface area contributed by atoms with E-state index in [1.807, 2.05) is 25.1 Å². The van der Waals surface area contributed by atoms with Gasteiger partial charge in [-0.3, -0.25) is 15.1 Å². The van der Waals surface area contributed by atoms with Gasteiger partial charge in [0.05, 0.1) is 11.4 Å². The highest BCUT2D eigenvalue weighted by Crippen LogP contribution is 2.24. The van der Waals surface area contributed by atoms with Crippen LogP contribution in [-0.2, 0) is 4.79 Å². The second kappa shape index (κ2) is 8.33. The Morgan fingerprint density at radius 2 is 2.15 bits per heavy atom. The van der Waals surface area contributed by atoms with E-state index in [1.165, 1.54) is 29.7 Å². The molecule has 0 saturated carbocycles. The van der Waals surface area contributed by atoms with Gasteiger partial charge in [0.15, 0.2) is 5.13 Å². The van der Waals surface area contributed by atoms with E-state index in [1.54, 1.807) is 23.7 Å². The van der Waals surface area contributed by atoms with Crippen LogP contribution in [0.2, 0.25) is 0 Å². The van der Waals surface area contributed by atoms with Gasteiger partial charge in [0.1, 0.15) is 17.2 Å². The molecule has 3 N–H and O–H groups in total. The van der Waals surface area contributed by atoms with E-state index in [2.05, 4.69) is 20.3 Å². The molecular weight excluding hydrogens is 365 g/mol. The lowest BCUT2D eigenvalue weighted by molar-refractivity contribution is -0.110. The number of carbonyl (C=O) groups excluding carboxylic acids is 1. The van der Waals surface area contributed by atoms with Crippen LogP contribution in [0, 0.1) is 12.7 Å². The van der Waals surface area contributed by atoms with Crippen molar-refractivity contribution in [3.8, 4) is 11.4 Å². The summed E-state index contributed by atoms with van der Waals surface area (Å²) in [5, 5.41) is 4.82. The van der Waals surface area contributed by atoms with E-state index in [9.17, 15) is 9.18 Å². The van der Waals surface area contributed by atoms with Gasteiger partial charge in [0, 0.05) is 11.6 Å². The number of hydrogen-bond acceptors (Lipinski definition) is 6. The topological polar surface area (TPSA) is 93.3 Å². The number of pyridine rings is 1. The summed E-state index contributed by atoms with van der Waals surface area (Å²) >= 11 is 1.25. The van der Waals surface area contributed by atoms with Crippen molar-refractivity contribution in [1.29, 1.82) is 0 Å². The van der Waals surface area contributed by atoms with E-state index in [0.717, 1.165) is 5.56 Å². The number of amides is 1. The van der Waals surface area contributed by atoms with Crippen molar-refractivity contribution in [2.24, 2.45) is 10.7 Å². The number of hydrogen-bond donors (Lipinski definition) is 2. The predicted octanol–water partition coefficient (Wildman–Crippen LogP) is 3.84. The predicted molar refractivity (Wildman–Crippen MR) is 106 cm³/mol. The van der Waals surface area contributed by atoms with Gasteiger partial charge in [0.2, 0.25) is 0 Å². The maximum absolute atomic E-state index is 13.9. The van der Waals surface area contributed by atoms with Crippen molar-refractivity contribution < 1.29 is 9.18 Å². The molecule has 27 heavy (non-hydrogen) atoms. The number of nitrogens with two attached hydrogens (primary N) is 1. The van der Waals surface area contributed by atoms with Crippen LogP contribution < -0.4 is 11.1 Å². The number of carbonyl (C=O) groups is 1. The van der Waals surface area contributed by atoms with Crippen LogP contribution in [0.3, 0.4) is 0 Å². The van der Waals surface area contributed by atoms with Crippen molar-refractivity contribution in [3.05, 3.63) is 71.6 Å². The molecule has 0 aliphatic carbocycles. The zero-order chi connectivity index (χ0) is 19.2. The van der Waals surface area contributed by atoms with Crippen LogP contribution in [0.15, 0.2) is 65.2 Å². The zero-order valence-corrected chi connectivity index (χ0v) is 15.2. The molecule has 0 spiro atoms. The van der Waals surface area contributed by atoms with E-state index in [4.69, 9.17) is 5.73 Å². The largest absolute Gasteiger partial charge is 0.405 e. The Bertz CT molecular complexity index is 1010. The first-order valence-electron chi connectivity index (χ1n) is 7.98.